The van der Waals surface area contributed by atoms with Gasteiger partial charge in [-0.25, -0.2) is 0 Å². The van der Waals surface area contributed by atoms with E-state index in [1.54, 1.807) is 17.7 Å². The molecule has 0 aliphatic carbocycles. The molecule has 0 bridgehead atoms. The minimum absolute atomic E-state index is 0.587. The molecule has 1 aromatic carbocycles. The number of halogens is 3. The maximum atomic E-state index is 12.8. The van der Waals surface area contributed by atoms with Gasteiger partial charge in [-0.2, -0.15) is 13.2 Å². The van der Waals surface area contributed by atoms with Gasteiger partial charge in [-0.1, -0.05) is 6.07 Å². The molecule has 1 saturated heterocycles. The molecule has 1 fully saturated rings. The molecule has 108 valence electrons. The highest BCUT2D eigenvalue weighted by Crippen LogP contribution is 2.35. The van der Waals surface area contributed by atoms with Crippen molar-refractivity contribution in [1.82, 2.24) is 4.57 Å². The molecule has 0 radical (unpaired) electrons. The van der Waals surface area contributed by atoms with Crippen molar-refractivity contribution in [3.8, 4) is 0 Å². The topological polar surface area (TPSA) is 8.17 Å². The third kappa shape index (κ3) is 2.25. The molecule has 2 aromatic rings. The summed E-state index contributed by atoms with van der Waals surface area (Å²) in [6, 6.07) is 4.01. The maximum Gasteiger partial charge on any atom is 0.416 e. The lowest BCUT2D eigenvalue weighted by molar-refractivity contribution is -0.137. The first kappa shape index (κ1) is 13.3. The summed E-state index contributed by atoms with van der Waals surface area (Å²) in [5.41, 5.74) is 1.10. The molecule has 0 spiro atoms. The van der Waals surface area contributed by atoms with Crippen LogP contribution in [0.5, 0.6) is 0 Å². The largest absolute Gasteiger partial charge is 0.416 e. The first-order valence-electron chi connectivity index (χ1n) is 6.88. The summed E-state index contributed by atoms with van der Waals surface area (Å²) in [5, 5.41) is 0.905. The summed E-state index contributed by atoms with van der Waals surface area (Å²) >= 11 is 0. The van der Waals surface area contributed by atoms with Crippen molar-refractivity contribution in [1.29, 1.82) is 0 Å². The van der Waals surface area contributed by atoms with Gasteiger partial charge in [0.05, 0.1) is 16.8 Å². The second-order valence-corrected chi connectivity index (χ2v) is 5.40. The van der Waals surface area contributed by atoms with E-state index in [1.807, 2.05) is 6.20 Å². The number of benzene rings is 1. The second-order valence-electron chi connectivity index (χ2n) is 5.40. The third-order valence-electron chi connectivity index (χ3n) is 3.99. The van der Waals surface area contributed by atoms with Crippen molar-refractivity contribution in [2.24, 2.45) is 7.05 Å². The number of fused-ring (bicyclic) bond motifs is 1. The summed E-state index contributed by atoms with van der Waals surface area (Å²) in [4.78, 5) is 2.28. The Bertz CT molecular complexity index is 622. The smallest absolute Gasteiger partial charge is 0.370 e. The fourth-order valence-corrected chi connectivity index (χ4v) is 2.93. The molecule has 1 aliphatic rings. The Morgan fingerprint density at radius 1 is 1.05 bits per heavy atom. The number of hydrogen-bond donors (Lipinski definition) is 0. The highest BCUT2D eigenvalue weighted by molar-refractivity contribution is 5.94. The first-order chi connectivity index (χ1) is 9.47. The van der Waals surface area contributed by atoms with Crippen LogP contribution in [0.4, 0.5) is 18.9 Å². The van der Waals surface area contributed by atoms with Gasteiger partial charge >= 0.3 is 6.18 Å². The van der Waals surface area contributed by atoms with E-state index in [0.717, 1.165) is 37.0 Å². The Morgan fingerprint density at radius 2 is 1.75 bits per heavy atom. The second kappa shape index (κ2) is 4.72. The minimum atomic E-state index is -4.29. The highest BCUT2D eigenvalue weighted by atomic mass is 19.4. The van der Waals surface area contributed by atoms with Crippen LogP contribution < -0.4 is 4.90 Å². The Balaban J connectivity index is 2.07. The Kier molecular flexibility index (Phi) is 3.15. The zero-order valence-corrected chi connectivity index (χ0v) is 11.4. The van der Waals surface area contributed by atoms with E-state index in [9.17, 15) is 13.2 Å². The number of piperidine rings is 1. The Morgan fingerprint density at radius 3 is 2.40 bits per heavy atom. The van der Waals surface area contributed by atoms with E-state index in [1.165, 1.54) is 18.6 Å². The molecule has 3 rings (SSSR count). The van der Waals surface area contributed by atoms with Gasteiger partial charge in [-0.05, 0) is 31.4 Å². The van der Waals surface area contributed by atoms with Crippen LogP contribution in [0.1, 0.15) is 24.8 Å². The standard InChI is InChI=1S/C15H17F3N2/c1-19-10-14(20-7-3-2-4-8-20)12-6-5-11(9-13(12)19)15(16,17)18/h5-6,9-10H,2-4,7-8H2,1H3. The fraction of sp³-hybridized carbons (Fsp3) is 0.467. The van der Waals surface area contributed by atoms with Gasteiger partial charge in [-0.15, -0.1) is 0 Å². The van der Waals surface area contributed by atoms with E-state index in [4.69, 9.17) is 0 Å². The molecule has 1 aliphatic heterocycles. The number of alkyl halides is 3. The number of aromatic nitrogens is 1. The van der Waals surface area contributed by atoms with Gasteiger partial charge < -0.3 is 9.47 Å². The van der Waals surface area contributed by atoms with Crippen LogP contribution in [0.15, 0.2) is 24.4 Å². The van der Waals surface area contributed by atoms with Crippen molar-refractivity contribution in [2.75, 3.05) is 18.0 Å². The lowest BCUT2D eigenvalue weighted by Crippen LogP contribution is -2.29. The third-order valence-corrected chi connectivity index (χ3v) is 3.99. The van der Waals surface area contributed by atoms with Crippen LogP contribution in [0.3, 0.4) is 0 Å². The average Bonchev–Trinajstić information content (AvgIpc) is 2.76. The highest BCUT2D eigenvalue weighted by Gasteiger charge is 2.31. The van der Waals surface area contributed by atoms with Crippen molar-refractivity contribution < 1.29 is 13.2 Å². The zero-order valence-electron chi connectivity index (χ0n) is 11.4. The number of nitrogens with zero attached hydrogens (tertiary/aromatic N) is 2. The van der Waals surface area contributed by atoms with Crippen LogP contribution in [0.25, 0.3) is 10.9 Å². The van der Waals surface area contributed by atoms with Crippen molar-refractivity contribution >= 4 is 16.6 Å². The van der Waals surface area contributed by atoms with E-state index in [-0.39, 0.29) is 0 Å². The van der Waals surface area contributed by atoms with Crippen molar-refractivity contribution in [3.05, 3.63) is 30.0 Å². The van der Waals surface area contributed by atoms with Crippen LogP contribution in [0, 0.1) is 0 Å². The number of anilines is 1. The molecular formula is C15H17F3N2. The monoisotopic (exact) mass is 282 g/mol. The van der Waals surface area contributed by atoms with Gasteiger partial charge in [0, 0.05) is 31.7 Å². The summed E-state index contributed by atoms with van der Waals surface area (Å²) in [6.45, 7) is 1.97. The van der Waals surface area contributed by atoms with Crippen molar-refractivity contribution in [3.63, 3.8) is 0 Å². The molecule has 0 atom stereocenters. The van der Waals surface area contributed by atoms with Crippen LogP contribution >= 0.6 is 0 Å². The van der Waals surface area contributed by atoms with Gasteiger partial charge in [0.25, 0.3) is 0 Å². The Labute approximate surface area is 115 Å². The molecular weight excluding hydrogens is 265 g/mol. The fourth-order valence-electron chi connectivity index (χ4n) is 2.93. The average molecular weight is 282 g/mol. The van der Waals surface area contributed by atoms with Gasteiger partial charge in [0.1, 0.15) is 0 Å². The lowest BCUT2D eigenvalue weighted by atomic mass is 10.1. The number of hydrogen-bond acceptors (Lipinski definition) is 1. The summed E-state index contributed by atoms with van der Waals surface area (Å²) < 4.78 is 40.2. The zero-order chi connectivity index (χ0) is 14.3. The van der Waals surface area contributed by atoms with Gasteiger partial charge in [0.2, 0.25) is 0 Å². The number of rotatable bonds is 1. The maximum absolute atomic E-state index is 12.8. The van der Waals surface area contributed by atoms with E-state index in [0.29, 0.717) is 5.52 Å². The van der Waals surface area contributed by atoms with E-state index < -0.39 is 11.7 Å². The van der Waals surface area contributed by atoms with Crippen molar-refractivity contribution in [2.45, 2.75) is 25.4 Å². The molecule has 20 heavy (non-hydrogen) atoms. The van der Waals surface area contributed by atoms with Crippen LogP contribution in [0.2, 0.25) is 0 Å². The SMILES string of the molecule is Cn1cc(N2CCCCC2)c2ccc(C(F)(F)F)cc21. The Hall–Kier alpha value is -1.65. The molecule has 0 amide bonds. The molecule has 2 nitrogen and oxygen atoms in total. The molecule has 1 aromatic heterocycles. The molecule has 0 unspecified atom stereocenters. The summed E-state index contributed by atoms with van der Waals surface area (Å²) in [5.74, 6) is 0. The van der Waals surface area contributed by atoms with Gasteiger partial charge in [0.15, 0.2) is 0 Å². The predicted octanol–water partition coefficient (Wildman–Crippen LogP) is 4.19. The molecule has 0 saturated carbocycles. The normalized spacial score (nSPS) is 16.9. The molecule has 0 N–H and O–H groups in total. The quantitative estimate of drug-likeness (QED) is 0.761. The van der Waals surface area contributed by atoms with Crippen LogP contribution in [-0.4, -0.2) is 17.7 Å². The molecule has 2 heterocycles. The van der Waals surface area contributed by atoms with E-state index in [2.05, 4.69) is 4.90 Å². The lowest BCUT2D eigenvalue weighted by Gasteiger charge is -2.28. The van der Waals surface area contributed by atoms with E-state index >= 15 is 0 Å². The first-order valence-corrected chi connectivity index (χ1v) is 6.88. The number of aryl methyl sites for hydroxylation is 1. The molecule has 5 heteroatoms. The minimum Gasteiger partial charge on any atom is -0.370 e. The summed E-state index contributed by atoms with van der Waals surface area (Å²) in [6.07, 6.45) is 1.19. The van der Waals surface area contributed by atoms with Crippen LogP contribution in [-0.2, 0) is 13.2 Å². The summed E-state index contributed by atoms with van der Waals surface area (Å²) in [7, 11) is 1.80. The van der Waals surface area contributed by atoms with Gasteiger partial charge in [-0.3, -0.25) is 0 Å². The predicted molar refractivity (Wildman–Crippen MR) is 74.0 cm³/mol.